The Bertz CT molecular complexity index is 910. The number of phenolic OH excluding ortho intramolecular Hbond substituents is 3. The van der Waals surface area contributed by atoms with Crippen molar-refractivity contribution in [3.05, 3.63) is 46.8 Å². The van der Waals surface area contributed by atoms with Crippen LogP contribution in [0.15, 0.2) is 45.6 Å². The van der Waals surface area contributed by atoms with E-state index >= 15 is 0 Å². The Kier molecular flexibility index (Phi) is 2.72. The van der Waals surface area contributed by atoms with E-state index in [2.05, 4.69) is 0 Å². The van der Waals surface area contributed by atoms with Crippen molar-refractivity contribution in [3.8, 4) is 34.1 Å². The van der Waals surface area contributed by atoms with Gasteiger partial charge in [-0.2, -0.15) is 0 Å². The number of para-hydroxylation sites is 1. The summed E-state index contributed by atoms with van der Waals surface area (Å²) in [4.78, 5) is 12.0. The highest BCUT2D eigenvalue weighted by atomic mass is 16.4. The second-order valence-electron chi connectivity index (χ2n) is 4.44. The van der Waals surface area contributed by atoms with Crippen molar-refractivity contribution >= 4 is 11.0 Å². The first-order chi connectivity index (χ1) is 10.0. The van der Waals surface area contributed by atoms with E-state index in [4.69, 9.17) is 4.42 Å². The molecule has 0 radical (unpaired) electrons. The molecule has 4 N–H and O–H groups in total. The first-order valence-corrected chi connectivity index (χ1v) is 5.99. The topological polar surface area (TPSA) is 111 Å². The van der Waals surface area contributed by atoms with E-state index < -0.39 is 22.9 Å². The van der Waals surface area contributed by atoms with Gasteiger partial charge in [0.05, 0.1) is 5.39 Å². The highest BCUT2D eigenvalue weighted by Crippen LogP contribution is 2.44. The zero-order chi connectivity index (χ0) is 15.1. The van der Waals surface area contributed by atoms with E-state index in [-0.39, 0.29) is 22.5 Å². The maximum Gasteiger partial charge on any atom is 0.348 e. The number of aromatic hydroxyl groups is 4. The SMILES string of the molecule is O=c1oc2ccccc2c(O)c1-c1ccc(O)c(O)c1O. The van der Waals surface area contributed by atoms with Gasteiger partial charge in [-0.15, -0.1) is 0 Å². The first-order valence-electron chi connectivity index (χ1n) is 5.99. The van der Waals surface area contributed by atoms with Crippen LogP contribution in [0.3, 0.4) is 0 Å². The molecule has 1 aromatic heterocycles. The summed E-state index contributed by atoms with van der Waals surface area (Å²) < 4.78 is 5.08. The quantitative estimate of drug-likeness (QED) is 0.403. The van der Waals surface area contributed by atoms with Crippen LogP contribution in [-0.2, 0) is 0 Å². The number of fused-ring (bicyclic) bond motifs is 1. The van der Waals surface area contributed by atoms with Crippen molar-refractivity contribution < 1.29 is 24.8 Å². The van der Waals surface area contributed by atoms with Crippen LogP contribution in [0.4, 0.5) is 0 Å². The lowest BCUT2D eigenvalue weighted by Crippen LogP contribution is -2.03. The number of hydrogen-bond donors (Lipinski definition) is 4. The zero-order valence-corrected chi connectivity index (χ0v) is 10.6. The van der Waals surface area contributed by atoms with Crippen molar-refractivity contribution in [3.63, 3.8) is 0 Å². The van der Waals surface area contributed by atoms with Gasteiger partial charge in [0.25, 0.3) is 0 Å². The minimum atomic E-state index is -0.869. The van der Waals surface area contributed by atoms with E-state index in [1.807, 2.05) is 0 Å². The largest absolute Gasteiger partial charge is 0.506 e. The summed E-state index contributed by atoms with van der Waals surface area (Å²) in [6.07, 6.45) is 0. The van der Waals surface area contributed by atoms with Gasteiger partial charge in [-0.05, 0) is 24.3 Å². The minimum absolute atomic E-state index is 0.137. The minimum Gasteiger partial charge on any atom is -0.506 e. The Balaban J connectivity index is 2.41. The molecular weight excluding hydrogens is 276 g/mol. The third kappa shape index (κ3) is 1.85. The fourth-order valence-corrected chi connectivity index (χ4v) is 2.14. The van der Waals surface area contributed by atoms with Gasteiger partial charge < -0.3 is 24.8 Å². The van der Waals surface area contributed by atoms with Crippen LogP contribution >= 0.6 is 0 Å². The van der Waals surface area contributed by atoms with Gasteiger partial charge in [-0.1, -0.05) is 12.1 Å². The molecule has 0 atom stereocenters. The van der Waals surface area contributed by atoms with Crippen LogP contribution in [0, 0.1) is 0 Å². The highest BCUT2D eigenvalue weighted by molar-refractivity contribution is 5.91. The molecule has 2 aromatic carbocycles. The number of rotatable bonds is 1. The van der Waals surface area contributed by atoms with Gasteiger partial charge in [0, 0.05) is 5.56 Å². The number of phenols is 3. The molecule has 0 saturated carbocycles. The Morgan fingerprint density at radius 2 is 1.52 bits per heavy atom. The lowest BCUT2D eigenvalue weighted by atomic mass is 10.0. The van der Waals surface area contributed by atoms with E-state index in [0.717, 1.165) is 6.07 Å². The molecule has 3 rings (SSSR count). The van der Waals surface area contributed by atoms with Gasteiger partial charge in [-0.3, -0.25) is 0 Å². The molecule has 106 valence electrons. The third-order valence-electron chi connectivity index (χ3n) is 3.19. The average Bonchev–Trinajstić information content (AvgIpc) is 2.47. The molecule has 0 aliphatic carbocycles. The van der Waals surface area contributed by atoms with Crippen molar-refractivity contribution in [1.82, 2.24) is 0 Å². The van der Waals surface area contributed by atoms with Crippen LogP contribution in [-0.4, -0.2) is 20.4 Å². The molecular formula is C15H10O6. The highest BCUT2D eigenvalue weighted by Gasteiger charge is 2.21. The normalized spacial score (nSPS) is 10.9. The average molecular weight is 286 g/mol. The molecule has 0 spiro atoms. The summed E-state index contributed by atoms with van der Waals surface area (Å²) >= 11 is 0. The molecule has 0 unspecified atom stereocenters. The maximum atomic E-state index is 12.0. The number of hydrogen-bond acceptors (Lipinski definition) is 6. The van der Waals surface area contributed by atoms with Crippen LogP contribution < -0.4 is 5.63 Å². The van der Waals surface area contributed by atoms with Gasteiger partial charge in [-0.25, -0.2) is 4.79 Å². The van der Waals surface area contributed by atoms with Gasteiger partial charge in [0.2, 0.25) is 5.75 Å². The Morgan fingerprint density at radius 3 is 2.29 bits per heavy atom. The monoisotopic (exact) mass is 286 g/mol. The molecule has 21 heavy (non-hydrogen) atoms. The fraction of sp³-hybridized carbons (Fsp3) is 0. The predicted molar refractivity (Wildman–Crippen MR) is 74.6 cm³/mol. The lowest BCUT2D eigenvalue weighted by molar-refractivity contribution is 0.368. The summed E-state index contributed by atoms with van der Waals surface area (Å²) in [6, 6.07) is 8.67. The summed E-state index contributed by atoms with van der Waals surface area (Å²) in [5.74, 6) is -2.41. The lowest BCUT2D eigenvalue weighted by Gasteiger charge is -2.09. The summed E-state index contributed by atoms with van der Waals surface area (Å²) in [5.41, 5.74) is -1.10. The molecule has 0 aliphatic heterocycles. The maximum absolute atomic E-state index is 12.0. The van der Waals surface area contributed by atoms with Gasteiger partial charge >= 0.3 is 5.63 Å². The van der Waals surface area contributed by atoms with Crippen LogP contribution in [0.5, 0.6) is 23.0 Å². The smallest absolute Gasteiger partial charge is 0.348 e. The van der Waals surface area contributed by atoms with Crippen molar-refractivity contribution in [2.24, 2.45) is 0 Å². The van der Waals surface area contributed by atoms with E-state index in [0.29, 0.717) is 5.39 Å². The van der Waals surface area contributed by atoms with E-state index in [1.165, 1.54) is 12.1 Å². The summed E-state index contributed by atoms with van der Waals surface area (Å²) in [6.45, 7) is 0. The van der Waals surface area contributed by atoms with Crippen LogP contribution in [0.1, 0.15) is 0 Å². The van der Waals surface area contributed by atoms with Crippen molar-refractivity contribution in [1.29, 1.82) is 0 Å². The molecule has 3 aromatic rings. The molecule has 6 heteroatoms. The second kappa shape index (κ2) is 4.45. The molecule has 0 saturated heterocycles. The Hall–Kier alpha value is -3.15. The molecule has 0 fully saturated rings. The molecule has 0 amide bonds. The van der Waals surface area contributed by atoms with Crippen LogP contribution in [0.25, 0.3) is 22.1 Å². The molecule has 6 nitrogen and oxygen atoms in total. The first kappa shape index (κ1) is 12.9. The second-order valence-corrected chi connectivity index (χ2v) is 4.44. The van der Waals surface area contributed by atoms with Crippen molar-refractivity contribution in [2.75, 3.05) is 0 Å². The van der Waals surface area contributed by atoms with Crippen molar-refractivity contribution in [2.45, 2.75) is 0 Å². The Labute approximate surface area is 117 Å². The number of benzene rings is 2. The fourth-order valence-electron chi connectivity index (χ4n) is 2.14. The predicted octanol–water partition coefficient (Wildman–Crippen LogP) is 2.28. The van der Waals surface area contributed by atoms with E-state index in [1.54, 1.807) is 18.2 Å². The summed E-state index contributed by atoms with van der Waals surface area (Å²) in [7, 11) is 0. The molecule has 0 bridgehead atoms. The summed E-state index contributed by atoms with van der Waals surface area (Å²) in [5, 5.41) is 39.2. The molecule has 1 heterocycles. The van der Waals surface area contributed by atoms with Crippen LogP contribution in [0.2, 0.25) is 0 Å². The Morgan fingerprint density at radius 1 is 0.810 bits per heavy atom. The third-order valence-corrected chi connectivity index (χ3v) is 3.19. The van der Waals surface area contributed by atoms with Gasteiger partial charge in [0.1, 0.15) is 16.9 Å². The zero-order valence-electron chi connectivity index (χ0n) is 10.6. The van der Waals surface area contributed by atoms with Gasteiger partial charge in [0.15, 0.2) is 11.5 Å². The standard InChI is InChI=1S/C15H10O6/c16-9-6-5-8(13(18)14(9)19)11-12(17)7-3-1-2-4-10(7)21-15(11)20/h1-6,16-19H. The molecule has 0 aliphatic rings. The van der Waals surface area contributed by atoms with E-state index in [9.17, 15) is 25.2 Å².